The van der Waals surface area contributed by atoms with Gasteiger partial charge in [-0.2, -0.15) is 4.98 Å². The number of H-pyrrole nitrogens is 1. The van der Waals surface area contributed by atoms with E-state index in [4.69, 9.17) is 10.5 Å². The standard InChI is InChI=1S/C10H19N5O2S/c1-7(2)17-5-3-4-12-8(16)6-18-10-13-9(11)14-15-10/h7H,3-6H2,1-2H3,(H,12,16)(H3,11,13,14,15). The van der Waals surface area contributed by atoms with Crippen molar-refractivity contribution < 1.29 is 9.53 Å². The molecule has 0 atom stereocenters. The molecule has 0 bridgehead atoms. The Morgan fingerprint density at radius 2 is 2.39 bits per heavy atom. The van der Waals surface area contributed by atoms with E-state index in [2.05, 4.69) is 20.5 Å². The van der Waals surface area contributed by atoms with Gasteiger partial charge in [0.1, 0.15) is 0 Å². The molecule has 0 aliphatic carbocycles. The molecule has 18 heavy (non-hydrogen) atoms. The fourth-order valence-corrected chi connectivity index (χ4v) is 1.76. The molecule has 4 N–H and O–H groups in total. The van der Waals surface area contributed by atoms with Crippen molar-refractivity contribution in [3.63, 3.8) is 0 Å². The average molecular weight is 273 g/mol. The van der Waals surface area contributed by atoms with Crippen molar-refractivity contribution in [2.75, 3.05) is 24.6 Å². The van der Waals surface area contributed by atoms with Gasteiger partial charge in [0.05, 0.1) is 11.9 Å². The minimum absolute atomic E-state index is 0.0482. The summed E-state index contributed by atoms with van der Waals surface area (Å²) in [6.45, 7) is 5.24. The van der Waals surface area contributed by atoms with Crippen LogP contribution in [0.2, 0.25) is 0 Å². The van der Waals surface area contributed by atoms with Gasteiger partial charge < -0.3 is 15.8 Å². The lowest BCUT2D eigenvalue weighted by Crippen LogP contribution is -2.27. The lowest BCUT2D eigenvalue weighted by Gasteiger charge is -2.07. The summed E-state index contributed by atoms with van der Waals surface area (Å²) < 4.78 is 5.36. The minimum Gasteiger partial charge on any atom is -0.379 e. The number of carbonyl (C=O) groups excluding carboxylic acids is 1. The number of aromatic amines is 1. The largest absolute Gasteiger partial charge is 0.379 e. The van der Waals surface area contributed by atoms with E-state index in [0.29, 0.717) is 18.3 Å². The Kier molecular flexibility index (Phi) is 6.51. The number of amides is 1. The van der Waals surface area contributed by atoms with Crippen molar-refractivity contribution in [1.29, 1.82) is 0 Å². The smallest absolute Gasteiger partial charge is 0.230 e. The molecular weight excluding hydrogens is 254 g/mol. The van der Waals surface area contributed by atoms with Gasteiger partial charge in [0.2, 0.25) is 17.0 Å². The average Bonchev–Trinajstić information content (AvgIpc) is 2.71. The Hall–Kier alpha value is -1.28. The second-order valence-electron chi connectivity index (χ2n) is 3.91. The van der Waals surface area contributed by atoms with Gasteiger partial charge in [0, 0.05) is 13.2 Å². The van der Waals surface area contributed by atoms with Gasteiger partial charge in [-0.05, 0) is 20.3 Å². The van der Waals surface area contributed by atoms with Gasteiger partial charge >= 0.3 is 0 Å². The van der Waals surface area contributed by atoms with Gasteiger partial charge in [0.25, 0.3) is 0 Å². The van der Waals surface area contributed by atoms with E-state index < -0.39 is 0 Å². The van der Waals surface area contributed by atoms with Crippen LogP contribution in [0.15, 0.2) is 5.16 Å². The van der Waals surface area contributed by atoms with Crippen LogP contribution in [0.4, 0.5) is 5.95 Å². The van der Waals surface area contributed by atoms with Crippen molar-refractivity contribution in [2.45, 2.75) is 31.5 Å². The number of aromatic nitrogens is 3. The maximum atomic E-state index is 11.5. The van der Waals surface area contributed by atoms with E-state index in [9.17, 15) is 4.79 Å². The Morgan fingerprint density at radius 3 is 3.00 bits per heavy atom. The van der Waals surface area contributed by atoms with E-state index in [1.807, 2.05) is 13.8 Å². The minimum atomic E-state index is -0.0482. The highest BCUT2D eigenvalue weighted by Crippen LogP contribution is 2.11. The number of carbonyl (C=O) groups is 1. The third kappa shape index (κ3) is 6.45. The molecule has 102 valence electrons. The van der Waals surface area contributed by atoms with Gasteiger partial charge in [-0.25, -0.2) is 5.10 Å². The van der Waals surface area contributed by atoms with Crippen LogP contribution in [0, 0.1) is 0 Å². The third-order valence-electron chi connectivity index (χ3n) is 1.91. The van der Waals surface area contributed by atoms with E-state index in [1.165, 1.54) is 11.8 Å². The number of ether oxygens (including phenoxy) is 1. The first-order valence-electron chi connectivity index (χ1n) is 5.77. The Morgan fingerprint density at radius 1 is 1.61 bits per heavy atom. The summed E-state index contributed by atoms with van der Waals surface area (Å²) in [6.07, 6.45) is 1.04. The predicted molar refractivity (Wildman–Crippen MR) is 70.2 cm³/mol. The van der Waals surface area contributed by atoms with E-state index in [1.54, 1.807) is 0 Å². The molecular formula is C10H19N5O2S. The molecule has 0 unspecified atom stereocenters. The number of thioether (sulfide) groups is 1. The molecule has 8 heteroatoms. The molecule has 0 saturated heterocycles. The molecule has 0 aromatic carbocycles. The molecule has 1 rings (SSSR count). The molecule has 0 aliphatic heterocycles. The lowest BCUT2D eigenvalue weighted by atomic mass is 10.4. The second-order valence-corrected chi connectivity index (χ2v) is 4.86. The van der Waals surface area contributed by atoms with Gasteiger partial charge in [-0.3, -0.25) is 4.79 Å². The Balaban J connectivity index is 2.04. The number of hydrogen-bond acceptors (Lipinski definition) is 6. The highest BCUT2D eigenvalue weighted by Gasteiger charge is 2.05. The van der Waals surface area contributed by atoms with Crippen LogP contribution in [0.3, 0.4) is 0 Å². The zero-order valence-corrected chi connectivity index (χ0v) is 11.4. The molecule has 0 spiro atoms. The van der Waals surface area contributed by atoms with Crippen LogP contribution in [-0.2, 0) is 9.53 Å². The fraction of sp³-hybridized carbons (Fsp3) is 0.700. The molecule has 0 aliphatic rings. The summed E-state index contributed by atoms with van der Waals surface area (Å²) in [5.41, 5.74) is 5.37. The van der Waals surface area contributed by atoms with Gasteiger partial charge in [0.15, 0.2) is 0 Å². The van der Waals surface area contributed by atoms with E-state index in [-0.39, 0.29) is 23.7 Å². The number of nitrogens with one attached hydrogen (secondary N) is 2. The third-order valence-corrected chi connectivity index (χ3v) is 2.76. The van der Waals surface area contributed by atoms with E-state index >= 15 is 0 Å². The first-order chi connectivity index (χ1) is 8.58. The lowest BCUT2D eigenvalue weighted by molar-refractivity contribution is -0.118. The number of rotatable bonds is 8. The van der Waals surface area contributed by atoms with Crippen molar-refractivity contribution in [1.82, 2.24) is 20.5 Å². The number of hydrogen-bond donors (Lipinski definition) is 3. The summed E-state index contributed by atoms with van der Waals surface area (Å²) in [7, 11) is 0. The zero-order chi connectivity index (χ0) is 13.4. The van der Waals surface area contributed by atoms with Crippen molar-refractivity contribution in [2.24, 2.45) is 0 Å². The molecule has 1 amide bonds. The van der Waals surface area contributed by atoms with Crippen molar-refractivity contribution in [3.05, 3.63) is 0 Å². The van der Waals surface area contributed by atoms with Crippen LogP contribution in [0.5, 0.6) is 0 Å². The van der Waals surface area contributed by atoms with Crippen LogP contribution in [0.1, 0.15) is 20.3 Å². The molecule has 1 aromatic rings. The topological polar surface area (TPSA) is 106 Å². The highest BCUT2D eigenvalue weighted by molar-refractivity contribution is 7.99. The predicted octanol–water partition coefficient (Wildman–Crippen LogP) is 0.410. The molecule has 7 nitrogen and oxygen atoms in total. The maximum absolute atomic E-state index is 11.5. The molecule has 0 radical (unpaired) electrons. The van der Waals surface area contributed by atoms with Gasteiger partial charge in [-0.1, -0.05) is 11.8 Å². The number of nitrogens with zero attached hydrogens (tertiary/aromatic N) is 2. The quantitative estimate of drug-likeness (QED) is 0.468. The first-order valence-corrected chi connectivity index (χ1v) is 6.75. The number of nitrogen functional groups attached to an aromatic ring is 1. The Labute approximate surface area is 110 Å². The van der Waals surface area contributed by atoms with Crippen LogP contribution < -0.4 is 11.1 Å². The van der Waals surface area contributed by atoms with Gasteiger partial charge in [-0.15, -0.1) is 5.10 Å². The summed E-state index contributed by atoms with van der Waals surface area (Å²) in [5.74, 6) is 0.485. The van der Waals surface area contributed by atoms with Crippen LogP contribution >= 0.6 is 11.8 Å². The molecule has 0 fully saturated rings. The second kappa shape index (κ2) is 7.93. The first kappa shape index (κ1) is 14.8. The monoisotopic (exact) mass is 273 g/mol. The van der Waals surface area contributed by atoms with Crippen LogP contribution in [-0.4, -0.2) is 46.1 Å². The fourth-order valence-electron chi connectivity index (χ4n) is 1.12. The summed E-state index contributed by atoms with van der Waals surface area (Å²) in [6, 6.07) is 0. The van der Waals surface area contributed by atoms with Crippen molar-refractivity contribution >= 4 is 23.6 Å². The number of nitrogens with two attached hydrogens (primary N) is 1. The summed E-state index contributed by atoms with van der Waals surface area (Å²) >= 11 is 1.24. The zero-order valence-electron chi connectivity index (χ0n) is 10.6. The number of anilines is 1. The molecule has 0 saturated carbocycles. The van der Waals surface area contributed by atoms with Crippen molar-refractivity contribution in [3.8, 4) is 0 Å². The maximum Gasteiger partial charge on any atom is 0.230 e. The summed E-state index contributed by atoms with van der Waals surface area (Å²) in [4.78, 5) is 15.3. The molecule has 1 heterocycles. The summed E-state index contributed by atoms with van der Waals surface area (Å²) in [5, 5.41) is 9.60. The van der Waals surface area contributed by atoms with Crippen LogP contribution in [0.25, 0.3) is 0 Å². The normalized spacial score (nSPS) is 10.8. The van der Waals surface area contributed by atoms with E-state index in [0.717, 1.165) is 6.42 Å². The molecule has 1 aromatic heterocycles. The SMILES string of the molecule is CC(C)OCCCNC(=O)CSc1n[nH]c(N)n1. The highest BCUT2D eigenvalue weighted by atomic mass is 32.2. The Bertz CT molecular complexity index is 369.